The van der Waals surface area contributed by atoms with Crippen LogP contribution in [0.2, 0.25) is 0 Å². The van der Waals surface area contributed by atoms with Crippen molar-refractivity contribution >= 4 is 17.2 Å². The highest BCUT2D eigenvalue weighted by atomic mass is 35.5. The van der Waals surface area contributed by atoms with Crippen LogP contribution >= 0.6 is 11.6 Å². The molecule has 0 saturated heterocycles. The van der Waals surface area contributed by atoms with E-state index in [4.69, 9.17) is 21.6 Å². The molecule has 2 aliphatic carbocycles. The van der Waals surface area contributed by atoms with Gasteiger partial charge in [-0.1, -0.05) is 91.4 Å². The van der Waals surface area contributed by atoms with Crippen molar-refractivity contribution < 1.29 is 0 Å². The molecule has 0 amide bonds. The topological polar surface area (TPSA) is 25.8 Å². The molecule has 1 aromatic heterocycles. The molecule has 0 aliphatic heterocycles. The van der Waals surface area contributed by atoms with Crippen molar-refractivity contribution in [3.8, 4) is 11.3 Å². The van der Waals surface area contributed by atoms with E-state index in [-0.39, 0.29) is 0 Å². The summed E-state index contributed by atoms with van der Waals surface area (Å²) in [5.74, 6) is 1.25. The zero-order valence-electron chi connectivity index (χ0n) is 19.5. The molecule has 2 aliphatic rings. The van der Waals surface area contributed by atoms with Gasteiger partial charge in [0.25, 0.3) is 0 Å². The van der Waals surface area contributed by atoms with Gasteiger partial charge in [-0.3, -0.25) is 0 Å². The maximum Gasteiger partial charge on any atom is 0.160 e. The summed E-state index contributed by atoms with van der Waals surface area (Å²) in [5.41, 5.74) is 7.00. The summed E-state index contributed by atoms with van der Waals surface area (Å²) in [6, 6.07) is 21.7. The fourth-order valence-electron chi connectivity index (χ4n) is 4.86. The van der Waals surface area contributed by atoms with E-state index in [0.717, 1.165) is 73.3 Å². The first kappa shape index (κ1) is 22.8. The second-order valence-corrected chi connectivity index (χ2v) is 9.97. The molecule has 2 aromatic carbocycles. The van der Waals surface area contributed by atoms with Gasteiger partial charge in [0, 0.05) is 28.1 Å². The first-order valence-electron chi connectivity index (χ1n) is 12.4. The Morgan fingerprint density at radius 2 is 1.65 bits per heavy atom. The molecule has 0 spiro atoms. The summed E-state index contributed by atoms with van der Waals surface area (Å²) in [6.45, 7) is 0. The van der Waals surface area contributed by atoms with Gasteiger partial charge in [-0.05, 0) is 55.7 Å². The van der Waals surface area contributed by atoms with E-state index < -0.39 is 0 Å². The molecule has 2 nitrogen and oxygen atoms in total. The summed E-state index contributed by atoms with van der Waals surface area (Å²) in [4.78, 5) is 10.1. The van der Waals surface area contributed by atoms with Crippen molar-refractivity contribution in [2.75, 3.05) is 0 Å². The highest BCUT2D eigenvalue weighted by Crippen LogP contribution is 2.35. The molecule has 0 N–H and O–H groups in total. The van der Waals surface area contributed by atoms with Gasteiger partial charge in [0.05, 0.1) is 5.69 Å². The number of rotatable bonds is 5. The van der Waals surface area contributed by atoms with E-state index in [0.29, 0.717) is 11.3 Å². The normalized spacial score (nSPS) is 20.4. The Morgan fingerprint density at radius 3 is 2.50 bits per heavy atom. The molecule has 3 aromatic rings. The van der Waals surface area contributed by atoms with E-state index in [9.17, 15) is 0 Å². The third kappa shape index (κ3) is 5.74. The van der Waals surface area contributed by atoms with Crippen LogP contribution < -0.4 is 0 Å². The van der Waals surface area contributed by atoms with E-state index in [1.807, 2.05) is 0 Å². The molecule has 0 radical (unpaired) electrons. The van der Waals surface area contributed by atoms with Crippen molar-refractivity contribution in [1.29, 1.82) is 0 Å². The maximum absolute atomic E-state index is 6.49. The lowest BCUT2D eigenvalue weighted by molar-refractivity contribution is 0.576. The zero-order chi connectivity index (χ0) is 23.2. The molecule has 3 heteroatoms. The molecule has 1 heterocycles. The Hall–Kier alpha value is -2.97. The molecule has 0 bridgehead atoms. The summed E-state index contributed by atoms with van der Waals surface area (Å²) in [6.07, 6.45) is 18.1. The number of halogens is 1. The van der Waals surface area contributed by atoms with Crippen LogP contribution in [0, 0.1) is 0 Å². The SMILES string of the molecule is ClC1CCCC(c2cc(-c3ccc(Cc4ccccc4)cc3)nc(C3=CC=CCC=C3)n2)CC1. The van der Waals surface area contributed by atoms with Gasteiger partial charge < -0.3 is 0 Å². The molecule has 172 valence electrons. The Kier molecular flexibility index (Phi) is 7.36. The van der Waals surface area contributed by atoms with E-state index in [2.05, 4.69) is 91.0 Å². The largest absolute Gasteiger partial charge is 0.233 e. The molecule has 34 heavy (non-hydrogen) atoms. The second kappa shape index (κ2) is 11.0. The summed E-state index contributed by atoms with van der Waals surface area (Å²) in [7, 11) is 0. The van der Waals surface area contributed by atoms with Crippen molar-refractivity contribution in [2.45, 2.75) is 56.2 Å². The number of aromatic nitrogens is 2. The van der Waals surface area contributed by atoms with Gasteiger partial charge in [0.1, 0.15) is 0 Å². The lowest BCUT2D eigenvalue weighted by Crippen LogP contribution is -2.06. The molecule has 2 unspecified atom stereocenters. The van der Waals surface area contributed by atoms with Crippen LogP contribution in [0.3, 0.4) is 0 Å². The Balaban J connectivity index is 1.48. The molecular weight excluding hydrogens is 436 g/mol. The highest BCUT2D eigenvalue weighted by Gasteiger charge is 2.22. The molecule has 5 rings (SSSR count). The number of hydrogen-bond donors (Lipinski definition) is 0. The minimum Gasteiger partial charge on any atom is -0.233 e. The van der Waals surface area contributed by atoms with Crippen LogP contribution in [-0.2, 0) is 6.42 Å². The molecule has 1 fully saturated rings. The maximum atomic E-state index is 6.49. The molecule has 2 atom stereocenters. The highest BCUT2D eigenvalue weighted by molar-refractivity contribution is 6.20. The van der Waals surface area contributed by atoms with Crippen LogP contribution in [-0.4, -0.2) is 15.3 Å². The zero-order valence-corrected chi connectivity index (χ0v) is 20.3. The van der Waals surface area contributed by atoms with Gasteiger partial charge in [0.15, 0.2) is 5.82 Å². The summed E-state index contributed by atoms with van der Waals surface area (Å²) < 4.78 is 0. The first-order chi connectivity index (χ1) is 16.7. The van der Waals surface area contributed by atoms with Crippen LogP contribution in [0.25, 0.3) is 16.8 Å². The first-order valence-corrected chi connectivity index (χ1v) is 12.9. The Bertz CT molecular complexity index is 1190. The van der Waals surface area contributed by atoms with Crippen molar-refractivity contribution in [2.24, 2.45) is 0 Å². The third-order valence-corrected chi connectivity index (χ3v) is 7.24. The van der Waals surface area contributed by atoms with Crippen LogP contribution in [0.1, 0.15) is 67.1 Å². The van der Waals surface area contributed by atoms with Gasteiger partial charge in [-0.2, -0.15) is 0 Å². The van der Waals surface area contributed by atoms with Crippen molar-refractivity contribution in [1.82, 2.24) is 9.97 Å². The number of allylic oxidation sites excluding steroid dienone is 6. The van der Waals surface area contributed by atoms with E-state index in [1.54, 1.807) is 0 Å². The van der Waals surface area contributed by atoms with Crippen LogP contribution in [0.15, 0.2) is 91.0 Å². The lowest BCUT2D eigenvalue weighted by Gasteiger charge is -2.16. The number of benzene rings is 2. The van der Waals surface area contributed by atoms with Gasteiger partial charge >= 0.3 is 0 Å². The predicted molar refractivity (Wildman–Crippen MR) is 143 cm³/mol. The van der Waals surface area contributed by atoms with Crippen LogP contribution in [0.5, 0.6) is 0 Å². The Labute approximate surface area is 208 Å². The lowest BCUT2D eigenvalue weighted by atomic mass is 9.94. The monoisotopic (exact) mass is 466 g/mol. The third-order valence-electron chi connectivity index (χ3n) is 6.80. The summed E-state index contributed by atoms with van der Waals surface area (Å²) in [5, 5.41) is 0.292. The fraction of sp³-hybridized carbons (Fsp3) is 0.290. The smallest absolute Gasteiger partial charge is 0.160 e. The number of hydrogen-bond acceptors (Lipinski definition) is 2. The van der Waals surface area contributed by atoms with Gasteiger partial charge in [-0.25, -0.2) is 9.97 Å². The fourth-order valence-corrected chi connectivity index (χ4v) is 5.14. The predicted octanol–water partition coefficient (Wildman–Crippen LogP) is 8.29. The quantitative estimate of drug-likeness (QED) is 0.279. The second-order valence-electron chi connectivity index (χ2n) is 9.35. The minimum absolute atomic E-state index is 0.292. The average Bonchev–Trinajstić information content (AvgIpc) is 3.28. The summed E-state index contributed by atoms with van der Waals surface area (Å²) >= 11 is 6.49. The van der Waals surface area contributed by atoms with Gasteiger partial charge in [0.2, 0.25) is 0 Å². The van der Waals surface area contributed by atoms with Crippen LogP contribution in [0.4, 0.5) is 0 Å². The minimum atomic E-state index is 0.292. The van der Waals surface area contributed by atoms with Gasteiger partial charge in [-0.15, -0.1) is 11.6 Å². The molecule has 1 saturated carbocycles. The molecular formula is C31H31ClN2. The van der Waals surface area contributed by atoms with Crippen molar-refractivity contribution in [3.63, 3.8) is 0 Å². The number of nitrogens with zero attached hydrogens (tertiary/aromatic N) is 2. The van der Waals surface area contributed by atoms with Crippen molar-refractivity contribution in [3.05, 3.63) is 114 Å². The average molecular weight is 467 g/mol. The Morgan fingerprint density at radius 1 is 0.824 bits per heavy atom. The standard InChI is InChI=1S/C31H31ClN2/c32-28-14-8-13-25(19-20-28)29-22-30(34-31(33-29)27-11-6-1-2-7-12-27)26-17-15-24(16-18-26)21-23-9-4-3-5-10-23/h1,3-7,9-12,15-18,22,25,28H,2,8,13-14,19-21H2. The van der Waals surface area contributed by atoms with E-state index in [1.165, 1.54) is 11.1 Å². The number of alkyl halides is 1. The van der Waals surface area contributed by atoms with E-state index >= 15 is 0 Å².